The van der Waals surface area contributed by atoms with Gasteiger partial charge in [0.15, 0.2) is 4.80 Å². The van der Waals surface area contributed by atoms with Crippen LogP contribution in [0.25, 0.3) is 10.2 Å². The quantitative estimate of drug-likeness (QED) is 0.805. The van der Waals surface area contributed by atoms with Gasteiger partial charge < -0.3 is 9.47 Å². The minimum atomic E-state index is -0.186. The number of carbonyl (C=O) groups is 2. The molecule has 0 saturated carbocycles. The molecule has 1 fully saturated rings. The number of aryl methyl sites for hydroxylation is 2. The zero-order chi connectivity index (χ0) is 18.7. The second kappa shape index (κ2) is 8.39. The summed E-state index contributed by atoms with van der Waals surface area (Å²) in [4.78, 5) is 31.3. The maximum atomic E-state index is 12.2. The SMILES string of the molecule is Cc1ccc2c(c1)sc(=NC(=O)CSCC(=O)N1CCCC(C)C1)n2C. The molecular weight excluding hydrogens is 366 g/mol. The normalized spacial score (nSPS) is 18.5. The summed E-state index contributed by atoms with van der Waals surface area (Å²) in [5.41, 5.74) is 2.27. The molecule has 26 heavy (non-hydrogen) atoms. The minimum Gasteiger partial charge on any atom is -0.342 e. The van der Waals surface area contributed by atoms with Gasteiger partial charge in [0.25, 0.3) is 5.91 Å². The highest BCUT2D eigenvalue weighted by Crippen LogP contribution is 2.18. The molecule has 140 valence electrons. The molecule has 2 aromatic rings. The van der Waals surface area contributed by atoms with Crippen LogP contribution >= 0.6 is 23.1 Å². The van der Waals surface area contributed by atoms with Crippen LogP contribution in [0.5, 0.6) is 0 Å². The number of rotatable bonds is 4. The third-order valence-corrected chi connectivity index (χ3v) is 6.64. The van der Waals surface area contributed by atoms with E-state index >= 15 is 0 Å². The number of likely N-dealkylation sites (tertiary alicyclic amines) is 1. The highest BCUT2D eigenvalue weighted by atomic mass is 32.2. The summed E-state index contributed by atoms with van der Waals surface area (Å²) in [5, 5.41) is 0. The zero-order valence-corrected chi connectivity index (χ0v) is 17.2. The number of piperidine rings is 1. The second-order valence-electron chi connectivity index (χ2n) is 7.00. The number of carbonyl (C=O) groups excluding carboxylic acids is 2. The largest absolute Gasteiger partial charge is 0.342 e. The van der Waals surface area contributed by atoms with Crippen LogP contribution in [-0.4, -0.2) is 45.9 Å². The van der Waals surface area contributed by atoms with Crippen LogP contribution in [0, 0.1) is 12.8 Å². The fourth-order valence-corrected chi connectivity index (χ4v) is 5.05. The van der Waals surface area contributed by atoms with Gasteiger partial charge in [0, 0.05) is 20.1 Å². The van der Waals surface area contributed by atoms with E-state index in [2.05, 4.69) is 37.0 Å². The number of fused-ring (bicyclic) bond motifs is 1. The molecular formula is C19H25N3O2S2. The summed E-state index contributed by atoms with van der Waals surface area (Å²) in [5.74, 6) is 1.12. The van der Waals surface area contributed by atoms with Crippen LogP contribution < -0.4 is 4.80 Å². The van der Waals surface area contributed by atoms with Crippen molar-refractivity contribution < 1.29 is 9.59 Å². The predicted molar refractivity (Wildman–Crippen MR) is 108 cm³/mol. The topological polar surface area (TPSA) is 54.7 Å². The van der Waals surface area contributed by atoms with Gasteiger partial charge in [0.2, 0.25) is 5.91 Å². The van der Waals surface area contributed by atoms with E-state index in [0.717, 1.165) is 29.7 Å². The molecule has 0 spiro atoms. The van der Waals surface area contributed by atoms with Crippen molar-refractivity contribution in [3.63, 3.8) is 0 Å². The molecule has 1 saturated heterocycles. The molecule has 0 N–H and O–H groups in total. The van der Waals surface area contributed by atoms with Gasteiger partial charge >= 0.3 is 0 Å². The fraction of sp³-hybridized carbons (Fsp3) is 0.526. The lowest BCUT2D eigenvalue weighted by Crippen LogP contribution is -2.40. The number of benzene rings is 1. The van der Waals surface area contributed by atoms with Crippen molar-refractivity contribution in [3.8, 4) is 0 Å². The Morgan fingerprint density at radius 3 is 2.92 bits per heavy atom. The van der Waals surface area contributed by atoms with E-state index < -0.39 is 0 Å². The Kier molecular flexibility index (Phi) is 6.19. The van der Waals surface area contributed by atoms with Crippen LogP contribution in [0.3, 0.4) is 0 Å². The number of hydrogen-bond donors (Lipinski definition) is 0. The van der Waals surface area contributed by atoms with Crippen LogP contribution in [0.4, 0.5) is 0 Å². The maximum Gasteiger partial charge on any atom is 0.258 e. The van der Waals surface area contributed by atoms with Gasteiger partial charge in [-0.1, -0.05) is 24.3 Å². The monoisotopic (exact) mass is 391 g/mol. The zero-order valence-electron chi connectivity index (χ0n) is 15.5. The molecule has 0 radical (unpaired) electrons. The molecule has 1 aliphatic rings. The first-order valence-corrected chi connectivity index (χ1v) is 10.9. The van der Waals surface area contributed by atoms with E-state index in [1.54, 1.807) is 0 Å². The number of hydrogen-bond acceptors (Lipinski definition) is 4. The molecule has 2 heterocycles. The predicted octanol–water partition coefficient (Wildman–Crippen LogP) is 2.97. The van der Waals surface area contributed by atoms with Crippen molar-refractivity contribution in [2.45, 2.75) is 26.7 Å². The third-order valence-electron chi connectivity index (χ3n) is 4.65. The lowest BCUT2D eigenvalue weighted by molar-refractivity contribution is -0.130. The molecule has 1 atom stereocenters. The van der Waals surface area contributed by atoms with Crippen LogP contribution in [0.2, 0.25) is 0 Å². The van der Waals surface area contributed by atoms with Crippen LogP contribution in [-0.2, 0) is 16.6 Å². The van der Waals surface area contributed by atoms with E-state index in [9.17, 15) is 9.59 Å². The van der Waals surface area contributed by atoms with Crippen LogP contribution in [0.1, 0.15) is 25.3 Å². The maximum absolute atomic E-state index is 12.2. The first-order valence-electron chi connectivity index (χ1n) is 8.93. The number of aromatic nitrogens is 1. The third kappa shape index (κ3) is 4.57. The first kappa shape index (κ1) is 19.2. The van der Waals surface area contributed by atoms with Crippen molar-refractivity contribution in [2.24, 2.45) is 18.0 Å². The Morgan fingerprint density at radius 2 is 2.15 bits per heavy atom. The van der Waals surface area contributed by atoms with Crippen molar-refractivity contribution in [1.29, 1.82) is 0 Å². The Labute approximate surface area is 162 Å². The van der Waals surface area contributed by atoms with Gasteiger partial charge in [-0.3, -0.25) is 9.59 Å². The Morgan fingerprint density at radius 1 is 1.35 bits per heavy atom. The lowest BCUT2D eigenvalue weighted by atomic mass is 10.0. The second-order valence-corrected chi connectivity index (χ2v) is 9.00. The highest BCUT2D eigenvalue weighted by Gasteiger charge is 2.20. The summed E-state index contributed by atoms with van der Waals surface area (Å²) in [6, 6.07) is 6.22. The fourth-order valence-electron chi connectivity index (χ4n) is 3.22. The lowest BCUT2D eigenvalue weighted by Gasteiger charge is -2.30. The van der Waals surface area contributed by atoms with E-state index in [0.29, 0.717) is 16.5 Å². The van der Waals surface area contributed by atoms with Gasteiger partial charge in [-0.15, -0.1) is 11.8 Å². The average Bonchev–Trinajstić information content (AvgIpc) is 2.89. The average molecular weight is 392 g/mol. The summed E-state index contributed by atoms with van der Waals surface area (Å²) in [6.07, 6.45) is 2.27. The van der Waals surface area contributed by atoms with Gasteiger partial charge in [-0.05, 0) is 43.4 Å². The molecule has 1 aromatic carbocycles. The Balaban J connectivity index is 1.58. The standard InChI is InChI=1S/C19H25N3O2S2/c1-13-6-7-15-16(9-13)26-19(21(15)3)20-17(23)11-25-12-18(24)22-8-4-5-14(2)10-22/h6-7,9,14H,4-5,8,10-12H2,1-3H3. The van der Waals surface area contributed by atoms with Crippen molar-refractivity contribution >= 4 is 45.1 Å². The van der Waals surface area contributed by atoms with E-state index in [1.807, 2.05) is 16.5 Å². The van der Waals surface area contributed by atoms with Crippen molar-refractivity contribution in [3.05, 3.63) is 28.6 Å². The van der Waals surface area contributed by atoms with E-state index in [4.69, 9.17) is 0 Å². The van der Waals surface area contributed by atoms with Crippen LogP contribution in [0.15, 0.2) is 23.2 Å². The molecule has 1 unspecified atom stereocenters. The molecule has 0 bridgehead atoms. The summed E-state index contributed by atoms with van der Waals surface area (Å²) < 4.78 is 3.07. The van der Waals surface area contributed by atoms with E-state index in [-0.39, 0.29) is 17.6 Å². The summed E-state index contributed by atoms with van der Waals surface area (Å²) >= 11 is 2.88. The Hall–Kier alpha value is -1.60. The minimum absolute atomic E-state index is 0.136. The molecule has 7 heteroatoms. The number of amides is 2. The smallest absolute Gasteiger partial charge is 0.258 e. The van der Waals surface area contributed by atoms with E-state index in [1.165, 1.54) is 35.1 Å². The number of thiazole rings is 1. The van der Waals surface area contributed by atoms with Crippen molar-refractivity contribution in [1.82, 2.24) is 9.47 Å². The molecule has 2 amide bonds. The molecule has 5 nitrogen and oxygen atoms in total. The molecule has 1 aromatic heterocycles. The molecule has 0 aliphatic carbocycles. The summed E-state index contributed by atoms with van der Waals surface area (Å²) in [7, 11) is 1.93. The first-order chi connectivity index (χ1) is 12.4. The molecule has 1 aliphatic heterocycles. The summed E-state index contributed by atoms with van der Waals surface area (Å²) in [6.45, 7) is 5.92. The van der Waals surface area contributed by atoms with Gasteiger partial charge in [0.05, 0.1) is 21.7 Å². The van der Waals surface area contributed by atoms with Gasteiger partial charge in [0.1, 0.15) is 0 Å². The Bertz CT molecular complexity index is 885. The van der Waals surface area contributed by atoms with Crippen molar-refractivity contribution in [2.75, 3.05) is 24.6 Å². The molecule has 3 rings (SSSR count). The number of nitrogens with zero attached hydrogens (tertiary/aromatic N) is 3. The van der Waals surface area contributed by atoms with Gasteiger partial charge in [-0.25, -0.2) is 0 Å². The number of thioether (sulfide) groups is 1. The van der Waals surface area contributed by atoms with Gasteiger partial charge in [-0.2, -0.15) is 4.99 Å². The highest BCUT2D eigenvalue weighted by molar-refractivity contribution is 8.00.